The fourth-order valence-electron chi connectivity index (χ4n) is 2.71. The second-order valence-electron chi connectivity index (χ2n) is 5.35. The molecule has 0 radical (unpaired) electrons. The molecule has 0 aliphatic carbocycles. The topological polar surface area (TPSA) is 98.1 Å². The Balaban J connectivity index is 1.88. The van der Waals surface area contributed by atoms with E-state index in [9.17, 15) is 0 Å². The van der Waals surface area contributed by atoms with Gasteiger partial charge in [0.05, 0.1) is 17.1 Å². The average molecular weight is 316 g/mol. The van der Waals surface area contributed by atoms with Gasteiger partial charge in [0.2, 0.25) is 0 Å². The number of tetrazole rings is 1. The summed E-state index contributed by atoms with van der Waals surface area (Å²) in [6.07, 6.45) is 1.40. The fourth-order valence-corrected chi connectivity index (χ4v) is 2.71. The smallest absolute Gasteiger partial charge is 0.162 e. The molecule has 0 N–H and O–H groups in total. The van der Waals surface area contributed by atoms with Gasteiger partial charge >= 0.3 is 0 Å². The van der Waals surface area contributed by atoms with Crippen LogP contribution in [0.3, 0.4) is 0 Å². The van der Waals surface area contributed by atoms with Crippen LogP contribution < -0.4 is 0 Å². The van der Waals surface area contributed by atoms with Crippen LogP contribution >= 0.6 is 0 Å². The second-order valence-corrected chi connectivity index (χ2v) is 5.35. The van der Waals surface area contributed by atoms with Crippen molar-refractivity contribution in [1.29, 1.82) is 5.26 Å². The van der Waals surface area contributed by atoms with Crippen LogP contribution in [0.15, 0.2) is 48.8 Å². The summed E-state index contributed by atoms with van der Waals surface area (Å²) >= 11 is 0. The molecule has 0 fully saturated rings. The van der Waals surface area contributed by atoms with E-state index < -0.39 is 0 Å². The van der Waals surface area contributed by atoms with Gasteiger partial charge in [-0.15, -0.1) is 15.3 Å². The highest BCUT2D eigenvalue weighted by Crippen LogP contribution is 2.27. The van der Waals surface area contributed by atoms with E-state index in [-0.39, 0.29) is 6.04 Å². The quantitative estimate of drug-likeness (QED) is 0.567. The molecule has 8 nitrogen and oxygen atoms in total. The van der Waals surface area contributed by atoms with Crippen molar-refractivity contribution in [2.75, 3.05) is 0 Å². The molecule has 0 bridgehead atoms. The largest absolute Gasteiger partial charge is 0.248 e. The van der Waals surface area contributed by atoms with Gasteiger partial charge in [-0.05, 0) is 40.6 Å². The minimum atomic E-state index is -0.250. The monoisotopic (exact) mass is 316 g/mol. The molecule has 0 aliphatic rings. The maximum Gasteiger partial charge on any atom is 0.162 e. The summed E-state index contributed by atoms with van der Waals surface area (Å²) in [7, 11) is 1.85. The van der Waals surface area contributed by atoms with E-state index in [1.807, 2.05) is 37.4 Å². The van der Waals surface area contributed by atoms with E-state index in [4.69, 9.17) is 5.26 Å². The lowest BCUT2D eigenvalue weighted by Gasteiger charge is -2.16. The Bertz CT molecular complexity index is 1020. The van der Waals surface area contributed by atoms with E-state index in [0.717, 1.165) is 22.2 Å². The number of fused-ring (bicyclic) bond motifs is 1. The number of nitriles is 1. The number of benzene rings is 2. The molecule has 4 rings (SSSR count). The molecular formula is C16H12N8. The van der Waals surface area contributed by atoms with Crippen LogP contribution in [0.4, 0.5) is 0 Å². The van der Waals surface area contributed by atoms with Crippen LogP contribution in [0, 0.1) is 11.3 Å². The van der Waals surface area contributed by atoms with Crippen LogP contribution in [0.1, 0.15) is 22.7 Å². The minimum Gasteiger partial charge on any atom is -0.248 e. The average Bonchev–Trinajstić information content (AvgIpc) is 3.27. The first kappa shape index (κ1) is 14.0. The van der Waals surface area contributed by atoms with Crippen LogP contribution in [0.2, 0.25) is 0 Å². The van der Waals surface area contributed by atoms with Crippen molar-refractivity contribution in [2.24, 2.45) is 7.05 Å². The molecule has 2 aromatic heterocycles. The molecule has 4 aromatic rings. The Kier molecular flexibility index (Phi) is 3.24. The lowest BCUT2D eigenvalue weighted by Crippen LogP contribution is -2.15. The Morgan fingerprint density at radius 3 is 2.54 bits per heavy atom. The molecule has 1 atom stereocenters. The molecule has 2 heterocycles. The molecule has 0 saturated heterocycles. The molecule has 0 aliphatic heterocycles. The van der Waals surface area contributed by atoms with Crippen molar-refractivity contribution in [3.63, 3.8) is 0 Å². The highest BCUT2D eigenvalue weighted by atomic mass is 15.6. The number of rotatable bonds is 3. The summed E-state index contributed by atoms with van der Waals surface area (Å²) in [6.45, 7) is 0. The van der Waals surface area contributed by atoms with Gasteiger partial charge in [0.25, 0.3) is 0 Å². The van der Waals surface area contributed by atoms with Crippen molar-refractivity contribution < 1.29 is 0 Å². The zero-order valence-electron chi connectivity index (χ0n) is 12.8. The van der Waals surface area contributed by atoms with Crippen LogP contribution in [-0.4, -0.2) is 35.2 Å². The highest BCUT2D eigenvalue weighted by Gasteiger charge is 2.19. The molecule has 1 unspecified atom stereocenters. The van der Waals surface area contributed by atoms with Crippen molar-refractivity contribution >= 4 is 11.0 Å². The molecule has 0 saturated carbocycles. The summed E-state index contributed by atoms with van der Waals surface area (Å²) in [6, 6.07) is 15.2. The molecule has 24 heavy (non-hydrogen) atoms. The van der Waals surface area contributed by atoms with E-state index >= 15 is 0 Å². The first-order valence-electron chi connectivity index (χ1n) is 7.28. The standard InChI is InChI=1S/C16H12N8/c1-23-15-8-13(6-7-14(15)20-22-23)16(24-19-10-18-21-24)12-4-2-11(9-17)3-5-12/h2-8,10,16H,1H3. The van der Waals surface area contributed by atoms with Crippen molar-refractivity contribution in [3.05, 3.63) is 65.5 Å². The van der Waals surface area contributed by atoms with Crippen LogP contribution in [0.5, 0.6) is 0 Å². The Labute approximate surface area is 136 Å². The van der Waals surface area contributed by atoms with Crippen LogP contribution in [0.25, 0.3) is 11.0 Å². The first-order chi connectivity index (χ1) is 11.8. The van der Waals surface area contributed by atoms with Gasteiger partial charge in [-0.1, -0.05) is 23.4 Å². The number of hydrogen-bond acceptors (Lipinski definition) is 6. The summed E-state index contributed by atoms with van der Waals surface area (Å²) in [4.78, 5) is 1.55. The van der Waals surface area contributed by atoms with Gasteiger partial charge in [-0.25, -0.2) is 4.68 Å². The number of aryl methyl sites for hydroxylation is 1. The molecule has 0 amide bonds. The van der Waals surface area contributed by atoms with Crippen molar-refractivity contribution in [1.82, 2.24) is 35.2 Å². The summed E-state index contributed by atoms with van der Waals surface area (Å²) < 4.78 is 1.73. The van der Waals surface area contributed by atoms with Gasteiger partial charge in [-0.2, -0.15) is 10.1 Å². The fraction of sp³-hybridized carbons (Fsp3) is 0.125. The van der Waals surface area contributed by atoms with E-state index in [2.05, 4.69) is 31.8 Å². The van der Waals surface area contributed by atoms with Gasteiger partial charge < -0.3 is 0 Å². The normalized spacial score (nSPS) is 12.2. The minimum absolute atomic E-state index is 0.250. The van der Waals surface area contributed by atoms with Gasteiger partial charge in [-0.3, -0.25) is 0 Å². The van der Waals surface area contributed by atoms with E-state index in [1.165, 1.54) is 6.33 Å². The number of nitrogens with zero attached hydrogens (tertiary/aromatic N) is 8. The predicted octanol–water partition coefficient (Wildman–Crippen LogP) is 1.46. The first-order valence-corrected chi connectivity index (χ1v) is 7.28. The Morgan fingerprint density at radius 1 is 1.04 bits per heavy atom. The summed E-state index contributed by atoms with van der Waals surface area (Å²) in [5.41, 5.74) is 4.30. The third kappa shape index (κ3) is 2.28. The maximum absolute atomic E-state index is 8.99. The highest BCUT2D eigenvalue weighted by molar-refractivity contribution is 5.75. The second kappa shape index (κ2) is 5.55. The third-order valence-corrected chi connectivity index (χ3v) is 3.90. The number of hydrogen-bond donors (Lipinski definition) is 0. The zero-order chi connectivity index (χ0) is 16.5. The lowest BCUT2D eigenvalue weighted by molar-refractivity contribution is 0.505. The summed E-state index contributed by atoms with van der Waals surface area (Å²) in [5, 5.41) is 29.2. The maximum atomic E-state index is 8.99. The molecule has 0 spiro atoms. The van der Waals surface area contributed by atoms with Crippen molar-refractivity contribution in [3.8, 4) is 6.07 Å². The van der Waals surface area contributed by atoms with Crippen LogP contribution in [-0.2, 0) is 7.05 Å². The third-order valence-electron chi connectivity index (χ3n) is 3.90. The van der Waals surface area contributed by atoms with Gasteiger partial charge in [0.15, 0.2) is 6.33 Å². The predicted molar refractivity (Wildman–Crippen MR) is 84.7 cm³/mol. The lowest BCUT2D eigenvalue weighted by atomic mass is 9.98. The SMILES string of the molecule is Cn1nnc2ccc(C(c3ccc(C#N)cc3)n3ncnn3)cc21. The molecule has 8 heteroatoms. The Morgan fingerprint density at radius 2 is 1.83 bits per heavy atom. The number of aromatic nitrogens is 7. The molecule has 2 aromatic carbocycles. The Hall–Kier alpha value is -3.60. The zero-order valence-corrected chi connectivity index (χ0v) is 12.8. The van der Waals surface area contributed by atoms with E-state index in [1.54, 1.807) is 21.6 Å². The van der Waals surface area contributed by atoms with Gasteiger partial charge in [0.1, 0.15) is 11.6 Å². The van der Waals surface area contributed by atoms with E-state index in [0.29, 0.717) is 5.56 Å². The van der Waals surface area contributed by atoms with Gasteiger partial charge in [0, 0.05) is 7.05 Å². The molecule has 116 valence electrons. The summed E-state index contributed by atoms with van der Waals surface area (Å²) in [5.74, 6) is 0. The van der Waals surface area contributed by atoms with Crippen molar-refractivity contribution in [2.45, 2.75) is 6.04 Å². The molecular weight excluding hydrogens is 304 g/mol.